The summed E-state index contributed by atoms with van der Waals surface area (Å²) in [6.45, 7) is 6.93. The highest BCUT2D eigenvalue weighted by Crippen LogP contribution is 2.34. The first kappa shape index (κ1) is 25.6. The Kier molecular flexibility index (Phi) is 8.17. The number of rotatable bonds is 5. The Morgan fingerprint density at radius 2 is 1.89 bits per heavy atom. The number of nitrogens with zero attached hydrogens (tertiary/aromatic N) is 5. The van der Waals surface area contributed by atoms with E-state index in [1.807, 2.05) is 33.0 Å². The maximum absolute atomic E-state index is 14.8. The fourth-order valence-electron chi connectivity index (χ4n) is 5.20. The number of nitriles is 1. The monoisotopic (exact) mass is 486 g/mol. The van der Waals surface area contributed by atoms with Crippen LogP contribution in [0.15, 0.2) is 53.9 Å². The molecule has 0 radical (unpaired) electrons. The van der Waals surface area contributed by atoms with Gasteiger partial charge in [0.25, 0.3) is 0 Å². The molecule has 0 unspecified atom stereocenters. The van der Waals surface area contributed by atoms with Crippen LogP contribution >= 0.6 is 0 Å². The van der Waals surface area contributed by atoms with Gasteiger partial charge in [0.05, 0.1) is 6.07 Å². The van der Waals surface area contributed by atoms with E-state index in [0.29, 0.717) is 17.3 Å². The van der Waals surface area contributed by atoms with Gasteiger partial charge < -0.3 is 9.88 Å². The van der Waals surface area contributed by atoms with E-state index in [2.05, 4.69) is 43.0 Å². The summed E-state index contributed by atoms with van der Waals surface area (Å²) in [4.78, 5) is 11.4. The van der Waals surface area contributed by atoms with Crippen molar-refractivity contribution in [3.63, 3.8) is 0 Å². The summed E-state index contributed by atoms with van der Waals surface area (Å²) in [6, 6.07) is 7.71. The van der Waals surface area contributed by atoms with Crippen LogP contribution in [0.1, 0.15) is 45.2 Å². The van der Waals surface area contributed by atoms with Gasteiger partial charge in [-0.25, -0.2) is 14.4 Å². The number of aromatic nitrogens is 3. The first-order valence-corrected chi connectivity index (χ1v) is 12.9. The Hall–Kier alpha value is -3.50. The van der Waals surface area contributed by atoms with E-state index < -0.39 is 0 Å². The van der Waals surface area contributed by atoms with Gasteiger partial charge in [0.2, 0.25) is 0 Å². The van der Waals surface area contributed by atoms with Gasteiger partial charge in [0, 0.05) is 61.3 Å². The molecule has 1 N–H and O–H groups in total. The van der Waals surface area contributed by atoms with Gasteiger partial charge in [0.15, 0.2) is 0 Å². The molecule has 3 aromatic rings. The number of hydrogen-bond donors (Lipinski definition) is 1. The normalized spacial score (nSPS) is 16.6. The minimum atomic E-state index is -0.298. The van der Waals surface area contributed by atoms with E-state index in [9.17, 15) is 4.39 Å². The number of allylic oxidation sites excluding steroid dienone is 4. The van der Waals surface area contributed by atoms with E-state index in [1.165, 1.54) is 17.3 Å². The molecule has 0 aromatic carbocycles. The van der Waals surface area contributed by atoms with Crippen molar-refractivity contribution in [3.8, 4) is 17.2 Å². The molecule has 36 heavy (non-hydrogen) atoms. The average Bonchev–Trinajstić information content (AvgIpc) is 3.25. The molecule has 1 aliphatic carbocycles. The molecule has 1 saturated heterocycles. The van der Waals surface area contributed by atoms with Crippen LogP contribution in [-0.2, 0) is 13.6 Å². The number of pyridine rings is 2. The second kappa shape index (κ2) is 11.5. The van der Waals surface area contributed by atoms with Crippen molar-refractivity contribution >= 4 is 16.9 Å². The van der Waals surface area contributed by atoms with Crippen LogP contribution in [0, 0.1) is 23.1 Å². The first-order valence-electron chi connectivity index (χ1n) is 12.9. The molecular formula is C29H35FN6. The van der Waals surface area contributed by atoms with Gasteiger partial charge in [-0.15, -0.1) is 0 Å². The van der Waals surface area contributed by atoms with Crippen molar-refractivity contribution in [1.29, 1.82) is 5.26 Å². The van der Waals surface area contributed by atoms with Crippen LogP contribution in [0.25, 0.3) is 22.2 Å². The van der Waals surface area contributed by atoms with E-state index in [4.69, 9.17) is 5.26 Å². The lowest BCUT2D eigenvalue weighted by molar-refractivity contribution is 0.186. The molecule has 0 amide bonds. The molecule has 0 bridgehead atoms. The van der Waals surface area contributed by atoms with Gasteiger partial charge in [-0.2, -0.15) is 5.26 Å². The summed E-state index contributed by atoms with van der Waals surface area (Å²) in [5.41, 5.74) is 5.71. The number of likely N-dealkylation sites (tertiary alicyclic amines) is 1. The fraction of sp³-hybridized carbons (Fsp3) is 0.414. The third-order valence-corrected chi connectivity index (χ3v) is 7.25. The van der Waals surface area contributed by atoms with Crippen molar-refractivity contribution < 1.29 is 4.39 Å². The minimum Gasteiger partial charge on any atom is -0.373 e. The number of halogens is 1. The molecule has 5 rings (SSSR count). The van der Waals surface area contributed by atoms with Crippen LogP contribution in [0.5, 0.6) is 0 Å². The van der Waals surface area contributed by atoms with Crippen LogP contribution in [0.4, 0.5) is 10.2 Å². The van der Waals surface area contributed by atoms with Crippen LogP contribution < -0.4 is 5.32 Å². The second-order valence-electron chi connectivity index (χ2n) is 9.19. The predicted molar refractivity (Wildman–Crippen MR) is 144 cm³/mol. The first-order chi connectivity index (χ1) is 17.6. The van der Waals surface area contributed by atoms with E-state index in [0.717, 1.165) is 67.5 Å². The Morgan fingerprint density at radius 1 is 1.11 bits per heavy atom. The third kappa shape index (κ3) is 5.19. The zero-order valence-electron chi connectivity index (χ0n) is 21.7. The largest absolute Gasteiger partial charge is 0.373 e. The molecule has 0 spiro atoms. The molecule has 6 nitrogen and oxygen atoms in total. The highest BCUT2D eigenvalue weighted by Gasteiger charge is 2.24. The lowest BCUT2D eigenvalue weighted by atomic mass is 9.83. The zero-order valence-corrected chi connectivity index (χ0v) is 21.7. The molecule has 4 heterocycles. The standard InChI is InChI=1S/C27H29FN6.C2H6/c1-30-26-14-25(28)24(16-32-26)22-7-10-31-27-23(22)13-21(33(27)2)17-34-11-8-20(9-12-34)19-5-3-18(15-29)4-6-19;1-2/h3,5,7,10,13-14,16,20H,4,6,8-9,11-12,17H2,1-2H3,(H,30,32);1-2H3. The van der Waals surface area contributed by atoms with Crippen LogP contribution in [0.2, 0.25) is 0 Å². The van der Waals surface area contributed by atoms with Gasteiger partial charge in [-0.05, 0) is 68.5 Å². The molecule has 7 heteroatoms. The molecule has 0 atom stereocenters. The summed E-state index contributed by atoms with van der Waals surface area (Å²) in [5.74, 6) is 0.826. The van der Waals surface area contributed by atoms with Gasteiger partial charge in [-0.3, -0.25) is 4.90 Å². The highest BCUT2D eigenvalue weighted by atomic mass is 19.1. The summed E-state index contributed by atoms with van der Waals surface area (Å²) in [5, 5.41) is 12.9. The Bertz CT molecular complexity index is 1320. The van der Waals surface area contributed by atoms with Gasteiger partial charge in [0.1, 0.15) is 17.3 Å². The highest BCUT2D eigenvalue weighted by molar-refractivity contribution is 5.94. The molecule has 3 aromatic heterocycles. The smallest absolute Gasteiger partial charge is 0.140 e. The van der Waals surface area contributed by atoms with Crippen LogP contribution in [-0.4, -0.2) is 39.6 Å². The third-order valence-electron chi connectivity index (χ3n) is 7.25. The van der Waals surface area contributed by atoms with E-state index in [1.54, 1.807) is 19.4 Å². The quantitative estimate of drug-likeness (QED) is 0.463. The summed E-state index contributed by atoms with van der Waals surface area (Å²) >= 11 is 0. The molecule has 1 fully saturated rings. The maximum atomic E-state index is 14.8. The Balaban J connectivity index is 0.00000148. The topological polar surface area (TPSA) is 69.8 Å². The summed E-state index contributed by atoms with van der Waals surface area (Å²) in [6.07, 6.45) is 11.7. The predicted octanol–water partition coefficient (Wildman–Crippen LogP) is 6.22. The number of piperidine rings is 1. The van der Waals surface area contributed by atoms with Crippen LogP contribution in [0.3, 0.4) is 0 Å². The Labute approximate surface area is 213 Å². The number of aryl methyl sites for hydroxylation is 1. The van der Waals surface area contributed by atoms with Gasteiger partial charge >= 0.3 is 0 Å². The summed E-state index contributed by atoms with van der Waals surface area (Å²) < 4.78 is 16.9. The second-order valence-corrected chi connectivity index (χ2v) is 9.19. The number of anilines is 1. The lowest BCUT2D eigenvalue weighted by Crippen LogP contribution is -2.34. The molecule has 1 aliphatic heterocycles. The van der Waals surface area contributed by atoms with Crippen molar-refractivity contribution in [2.75, 3.05) is 25.5 Å². The minimum absolute atomic E-state index is 0.298. The van der Waals surface area contributed by atoms with Crippen molar-refractivity contribution in [1.82, 2.24) is 19.4 Å². The SMILES string of the molecule is CC.CNc1cc(F)c(-c2ccnc3c2cc(CN2CCC(C4=CC=C(C#N)CC4)CC2)n3C)cn1. The van der Waals surface area contributed by atoms with Crippen molar-refractivity contribution in [2.45, 2.75) is 46.1 Å². The molecule has 2 aliphatic rings. The lowest BCUT2D eigenvalue weighted by Gasteiger charge is -2.33. The van der Waals surface area contributed by atoms with Gasteiger partial charge in [-0.1, -0.05) is 25.5 Å². The fourth-order valence-corrected chi connectivity index (χ4v) is 5.20. The Morgan fingerprint density at radius 3 is 2.53 bits per heavy atom. The number of fused-ring (bicyclic) bond motifs is 1. The molecule has 188 valence electrons. The van der Waals surface area contributed by atoms with E-state index in [-0.39, 0.29) is 5.82 Å². The summed E-state index contributed by atoms with van der Waals surface area (Å²) in [7, 11) is 3.76. The zero-order chi connectivity index (χ0) is 25.7. The molecule has 0 saturated carbocycles. The number of nitrogens with one attached hydrogen (secondary N) is 1. The van der Waals surface area contributed by atoms with Crippen molar-refractivity contribution in [3.05, 3.63) is 65.4 Å². The number of hydrogen-bond acceptors (Lipinski definition) is 5. The molecular weight excluding hydrogens is 451 g/mol. The average molecular weight is 487 g/mol. The van der Waals surface area contributed by atoms with Crippen molar-refractivity contribution in [2.24, 2.45) is 13.0 Å². The maximum Gasteiger partial charge on any atom is 0.140 e. The van der Waals surface area contributed by atoms with E-state index >= 15 is 0 Å².